The van der Waals surface area contributed by atoms with Gasteiger partial charge in [0.1, 0.15) is 0 Å². The van der Waals surface area contributed by atoms with Crippen LogP contribution < -0.4 is 0 Å². The Morgan fingerprint density at radius 2 is 1.53 bits per heavy atom. The maximum Gasteiger partial charge on any atom is 0.265 e. The second-order valence-corrected chi connectivity index (χ2v) is 8.96. The molecule has 0 atom stereocenters. The van der Waals surface area contributed by atoms with Gasteiger partial charge in [0, 0.05) is 5.54 Å². The van der Waals surface area contributed by atoms with Crippen LogP contribution in [0.25, 0.3) is 0 Å². The van der Waals surface area contributed by atoms with Gasteiger partial charge in [-0.2, -0.15) is 8.42 Å². The summed E-state index contributed by atoms with van der Waals surface area (Å²) in [6, 6.07) is 0. The maximum absolute atomic E-state index is 11.5. The summed E-state index contributed by atoms with van der Waals surface area (Å²) in [5.74, 6) is -1.68. The lowest BCUT2D eigenvalue weighted by Crippen LogP contribution is -2.34. The van der Waals surface area contributed by atoms with Gasteiger partial charge in [0.25, 0.3) is 10.1 Å². The van der Waals surface area contributed by atoms with Crippen LogP contribution in [0.3, 0.4) is 0 Å². The average Bonchev–Trinajstić information content (AvgIpc) is 2.11. The van der Waals surface area contributed by atoms with Crippen molar-refractivity contribution in [1.82, 2.24) is 3.94 Å². The standard InChI is InChI=1S/C7H15Cl2NO5S2/c1-7(2,10(8)9)3-4-16(11,12)5-6-17(13,14)15/h3-6H2,1-2H3,(H,13,14,15). The zero-order chi connectivity index (χ0) is 13.9. The van der Waals surface area contributed by atoms with E-state index in [0.29, 0.717) is 0 Å². The van der Waals surface area contributed by atoms with E-state index in [9.17, 15) is 16.8 Å². The highest BCUT2D eigenvalue weighted by Crippen LogP contribution is 2.24. The van der Waals surface area contributed by atoms with Crippen molar-refractivity contribution in [1.29, 1.82) is 0 Å². The lowest BCUT2D eigenvalue weighted by molar-refractivity contribution is 0.341. The molecule has 0 rings (SSSR count). The highest BCUT2D eigenvalue weighted by atomic mass is 35.5. The first kappa shape index (κ1) is 17.4. The van der Waals surface area contributed by atoms with Crippen molar-refractivity contribution >= 4 is 43.5 Å². The van der Waals surface area contributed by atoms with Gasteiger partial charge >= 0.3 is 0 Å². The minimum atomic E-state index is -4.27. The molecular formula is C7H15Cl2NO5S2. The fourth-order valence-corrected chi connectivity index (χ4v) is 3.87. The van der Waals surface area contributed by atoms with E-state index in [0.717, 1.165) is 3.94 Å². The second-order valence-electron chi connectivity index (χ2n) is 4.23. The SMILES string of the molecule is CC(C)(CCS(=O)(=O)CCS(=O)(=O)O)N(Cl)Cl. The number of hydrogen-bond acceptors (Lipinski definition) is 5. The van der Waals surface area contributed by atoms with E-state index in [-0.39, 0.29) is 12.2 Å². The van der Waals surface area contributed by atoms with Crippen molar-refractivity contribution in [3.63, 3.8) is 0 Å². The van der Waals surface area contributed by atoms with Gasteiger partial charge in [0.2, 0.25) is 0 Å². The molecule has 17 heavy (non-hydrogen) atoms. The van der Waals surface area contributed by atoms with Crippen LogP contribution in [0.4, 0.5) is 0 Å². The van der Waals surface area contributed by atoms with Crippen LogP contribution in [0.5, 0.6) is 0 Å². The van der Waals surface area contributed by atoms with Crippen molar-refractivity contribution in [2.45, 2.75) is 25.8 Å². The smallest absolute Gasteiger partial charge is 0.265 e. The summed E-state index contributed by atoms with van der Waals surface area (Å²) in [7, 11) is -7.83. The molecule has 0 heterocycles. The molecule has 0 aromatic heterocycles. The van der Waals surface area contributed by atoms with Gasteiger partial charge in [0.15, 0.2) is 9.84 Å². The number of sulfone groups is 1. The van der Waals surface area contributed by atoms with Crippen LogP contribution in [0.1, 0.15) is 20.3 Å². The zero-order valence-corrected chi connectivity index (χ0v) is 12.6. The predicted octanol–water partition coefficient (Wildman–Crippen LogP) is 1.07. The normalized spacial score (nSPS) is 14.2. The summed E-state index contributed by atoms with van der Waals surface area (Å²) in [4.78, 5) is 0. The monoisotopic (exact) mass is 327 g/mol. The first-order valence-corrected chi connectivity index (χ1v) is 8.74. The number of hydrogen-bond donors (Lipinski definition) is 1. The Morgan fingerprint density at radius 3 is 1.88 bits per heavy atom. The summed E-state index contributed by atoms with van der Waals surface area (Å²) >= 11 is 11.0. The van der Waals surface area contributed by atoms with E-state index in [1.54, 1.807) is 13.8 Å². The summed E-state index contributed by atoms with van der Waals surface area (Å²) in [6.07, 6.45) is 0.147. The molecule has 0 saturated carbocycles. The van der Waals surface area contributed by atoms with Crippen molar-refractivity contribution in [3.8, 4) is 0 Å². The fourth-order valence-electron chi connectivity index (χ4n) is 0.824. The molecule has 0 aliphatic heterocycles. The van der Waals surface area contributed by atoms with E-state index in [2.05, 4.69) is 0 Å². The molecule has 0 fully saturated rings. The minimum Gasteiger partial charge on any atom is -0.286 e. The van der Waals surface area contributed by atoms with Gasteiger partial charge in [-0.15, -0.1) is 3.94 Å². The third-order valence-electron chi connectivity index (χ3n) is 2.13. The summed E-state index contributed by atoms with van der Waals surface area (Å²) in [5.41, 5.74) is -0.742. The van der Waals surface area contributed by atoms with Crippen LogP contribution in [-0.4, -0.2) is 48.1 Å². The highest BCUT2D eigenvalue weighted by Gasteiger charge is 2.27. The minimum absolute atomic E-state index is 0.147. The Kier molecular flexibility index (Phi) is 6.17. The highest BCUT2D eigenvalue weighted by molar-refractivity contribution is 7.93. The van der Waals surface area contributed by atoms with E-state index in [1.165, 1.54) is 0 Å². The molecule has 6 nitrogen and oxygen atoms in total. The number of rotatable bonds is 7. The largest absolute Gasteiger partial charge is 0.286 e. The van der Waals surface area contributed by atoms with Crippen LogP contribution in [0.2, 0.25) is 0 Å². The summed E-state index contributed by atoms with van der Waals surface area (Å²) in [5, 5.41) is 0. The predicted molar refractivity (Wildman–Crippen MR) is 67.3 cm³/mol. The molecule has 0 aliphatic carbocycles. The summed E-state index contributed by atoms with van der Waals surface area (Å²) in [6.45, 7) is 3.29. The van der Waals surface area contributed by atoms with Crippen LogP contribution in [0, 0.1) is 0 Å². The third kappa shape index (κ3) is 8.17. The lowest BCUT2D eigenvalue weighted by Gasteiger charge is -2.27. The van der Waals surface area contributed by atoms with E-state index in [1.807, 2.05) is 0 Å². The van der Waals surface area contributed by atoms with Gasteiger partial charge in [0.05, 0.1) is 17.3 Å². The number of halogens is 2. The molecule has 10 heteroatoms. The molecule has 0 bridgehead atoms. The molecule has 0 aliphatic rings. The molecule has 104 valence electrons. The molecule has 0 unspecified atom stereocenters. The van der Waals surface area contributed by atoms with Crippen LogP contribution in [-0.2, 0) is 20.0 Å². The van der Waals surface area contributed by atoms with Gasteiger partial charge in [-0.3, -0.25) is 4.55 Å². The van der Waals surface area contributed by atoms with Gasteiger partial charge < -0.3 is 0 Å². The molecule has 0 amide bonds. The van der Waals surface area contributed by atoms with E-state index < -0.39 is 37.0 Å². The molecule has 0 aromatic carbocycles. The molecule has 0 saturated heterocycles. The van der Waals surface area contributed by atoms with E-state index >= 15 is 0 Å². The summed E-state index contributed by atoms with van der Waals surface area (Å²) < 4.78 is 53.1. The number of nitrogens with zero attached hydrogens (tertiary/aromatic N) is 1. The van der Waals surface area contributed by atoms with Gasteiger partial charge in [-0.05, 0) is 43.8 Å². The van der Waals surface area contributed by atoms with E-state index in [4.69, 9.17) is 28.1 Å². The molecular weight excluding hydrogens is 313 g/mol. The Labute approximate surface area is 112 Å². The topological polar surface area (TPSA) is 91.8 Å². The molecule has 0 radical (unpaired) electrons. The maximum atomic E-state index is 11.5. The van der Waals surface area contributed by atoms with Crippen molar-refractivity contribution in [2.24, 2.45) is 0 Å². The fraction of sp³-hybridized carbons (Fsp3) is 1.00. The molecule has 1 N–H and O–H groups in total. The molecule has 0 spiro atoms. The first-order valence-electron chi connectivity index (χ1n) is 4.63. The van der Waals surface area contributed by atoms with Crippen molar-refractivity contribution < 1.29 is 21.4 Å². The van der Waals surface area contributed by atoms with Gasteiger partial charge in [-0.25, -0.2) is 8.42 Å². The Bertz CT molecular complexity index is 443. The van der Waals surface area contributed by atoms with Crippen LogP contribution in [0.15, 0.2) is 0 Å². The second kappa shape index (κ2) is 6.03. The molecule has 0 aromatic rings. The van der Waals surface area contributed by atoms with Crippen LogP contribution >= 0.6 is 23.6 Å². The Hall–Kier alpha value is 0.400. The lowest BCUT2D eigenvalue weighted by atomic mass is 10.0. The van der Waals surface area contributed by atoms with Crippen molar-refractivity contribution in [3.05, 3.63) is 0 Å². The Balaban J connectivity index is 4.39. The zero-order valence-electron chi connectivity index (χ0n) is 9.43. The Morgan fingerprint density at radius 1 is 1.06 bits per heavy atom. The van der Waals surface area contributed by atoms with Gasteiger partial charge in [-0.1, -0.05) is 0 Å². The third-order valence-corrected chi connectivity index (χ3v) is 5.68. The first-order chi connectivity index (χ1) is 7.36. The average molecular weight is 328 g/mol. The quantitative estimate of drug-likeness (QED) is 0.555. The van der Waals surface area contributed by atoms with Crippen molar-refractivity contribution in [2.75, 3.05) is 17.3 Å².